The largest absolute Gasteiger partial charge is 0.492 e. The number of carbonyl (C=O) groups excluding carboxylic acids is 1. The first-order valence-electron chi connectivity index (χ1n) is 8.43. The Morgan fingerprint density at radius 3 is 3.12 bits per heavy atom. The van der Waals surface area contributed by atoms with Crippen LogP contribution in [0.4, 0.5) is 0 Å². The standard InChI is InChI=1S/C18H24N4O2/c1-22-13-16(12-21-22)14-4-2-6-17(10-14)24-9-8-20-18(23)15-5-3-7-19-11-15/h2,4,6,10,12-13,15,19H,3,5,7-9,11H2,1H3,(H,20,23)/t15-/m1/s1. The Kier molecular flexibility index (Phi) is 5.48. The molecule has 0 bridgehead atoms. The molecule has 2 heterocycles. The van der Waals surface area contributed by atoms with Crippen molar-refractivity contribution in [3.8, 4) is 16.9 Å². The summed E-state index contributed by atoms with van der Waals surface area (Å²) in [5, 5.41) is 10.4. The van der Waals surface area contributed by atoms with Crippen molar-refractivity contribution in [2.75, 3.05) is 26.2 Å². The van der Waals surface area contributed by atoms with Crippen LogP contribution in [0.1, 0.15) is 12.8 Å². The molecule has 0 aliphatic carbocycles. The second-order valence-corrected chi connectivity index (χ2v) is 6.11. The number of nitrogens with zero attached hydrogens (tertiary/aromatic N) is 2. The van der Waals surface area contributed by atoms with E-state index < -0.39 is 0 Å². The third-order valence-corrected chi connectivity index (χ3v) is 4.21. The summed E-state index contributed by atoms with van der Waals surface area (Å²) in [4.78, 5) is 12.0. The van der Waals surface area contributed by atoms with Gasteiger partial charge >= 0.3 is 0 Å². The highest BCUT2D eigenvalue weighted by molar-refractivity contribution is 5.78. The molecule has 0 saturated carbocycles. The number of rotatable bonds is 6. The molecule has 1 atom stereocenters. The fraction of sp³-hybridized carbons (Fsp3) is 0.444. The molecular weight excluding hydrogens is 304 g/mol. The van der Waals surface area contributed by atoms with Gasteiger partial charge in [0.1, 0.15) is 12.4 Å². The summed E-state index contributed by atoms with van der Waals surface area (Å²) in [6.45, 7) is 2.77. The van der Waals surface area contributed by atoms with Gasteiger partial charge in [-0.2, -0.15) is 5.10 Å². The number of aromatic nitrogens is 2. The molecule has 1 aliphatic heterocycles. The number of hydrogen-bond acceptors (Lipinski definition) is 4. The zero-order valence-electron chi connectivity index (χ0n) is 14.0. The van der Waals surface area contributed by atoms with Crippen molar-refractivity contribution in [2.24, 2.45) is 13.0 Å². The van der Waals surface area contributed by atoms with Gasteiger partial charge in [0.25, 0.3) is 0 Å². The van der Waals surface area contributed by atoms with Crippen LogP contribution < -0.4 is 15.4 Å². The summed E-state index contributed by atoms with van der Waals surface area (Å²) >= 11 is 0. The van der Waals surface area contributed by atoms with Gasteiger partial charge in [-0.1, -0.05) is 12.1 Å². The van der Waals surface area contributed by atoms with Crippen LogP contribution in [0.3, 0.4) is 0 Å². The van der Waals surface area contributed by atoms with Gasteiger partial charge in [0, 0.05) is 25.4 Å². The Labute approximate surface area is 142 Å². The normalized spacial score (nSPS) is 17.5. The minimum absolute atomic E-state index is 0.0904. The highest BCUT2D eigenvalue weighted by Gasteiger charge is 2.20. The van der Waals surface area contributed by atoms with E-state index in [4.69, 9.17) is 4.74 Å². The predicted octanol–water partition coefficient (Wildman–Crippen LogP) is 1.58. The SMILES string of the molecule is Cn1cc(-c2cccc(OCCNC(=O)[C@@H]3CCCNC3)c2)cn1. The zero-order chi connectivity index (χ0) is 16.8. The molecule has 6 heteroatoms. The smallest absolute Gasteiger partial charge is 0.224 e. The Hall–Kier alpha value is -2.34. The summed E-state index contributed by atoms with van der Waals surface area (Å²) in [7, 11) is 1.90. The second-order valence-electron chi connectivity index (χ2n) is 6.11. The fourth-order valence-corrected chi connectivity index (χ4v) is 2.90. The van der Waals surface area contributed by atoms with E-state index in [9.17, 15) is 4.79 Å². The molecule has 2 aromatic rings. The van der Waals surface area contributed by atoms with Crippen molar-refractivity contribution in [1.29, 1.82) is 0 Å². The van der Waals surface area contributed by atoms with E-state index in [0.717, 1.165) is 42.8 Å². The van der Waals surface area contributed by atoms with Crippen molar-refractivity contribution >= 4 is 5.91 Å². The van der Waals surface area contributed by atoms with Crippen LogP contribution in [-0.2, 0) is 11.8 Å². The van der Waals surface area contributed by atoms with Crippen LogP contribution >= 0.6 is 0 Å². The lowest BCUT2D eigenvalue weighted by atomic mass is 9.99. The van der Waals surface area contributed by atoms with E-state index in [1.165, 1.54) is 0 Å². The summed E-state index contributed by atoms with van der Waals surface area (Å²) in [6, 6.07) is 7.91. The molecule has 1 aromatic carbocycles. The number of ether oxygens (including phenoxy) is 1. The molecule has 0 spiro atoms. The van der Waals surface area contributed by atoms with Gasteiger partial charge in [0.15, 0.2) is 0 Å². The quantitative estimate of drug-likeness (QED) is 0.790. The Bertz CT molecular complexity index is 677. The minimum Gasteiger partial charge on any atom is -0.492 e. The first-order chi connectivity index (χ1) is 11.7. The van der Waals surface area contributed by atoms with Gasteiger partial charge in [0.2, 0.25) is 5.91 Å². The van der Waals surface area contributed by atoms with Crippen LogP contribution in [0.5, 0.6) is 5.75 Å². The van der Waals surface area contributed by atoms with Gasteiger partial charge in [-0.3, -0.25) is 9.48 Å². The topological polar surface area (TPSA) is 68.2 Å². The number of nitrogens with one attached hydrogen (secondary N) is 2. The number of piperidine rings is 1. The molecule has 0 radical (unpaired) electrons. The van der Waals surface area contributed by atoms with Gasteiger partial charge < -0.3 is 15.4 Å². The first kappa shape index (κ1) is 16.5. The highest BCUT2D eigenvalue weighted by Crippen LogP contribution is 2.23. The van der Waals surface area contributed by atoms with E-state index in [0.29, 0.717) is 13.2 Å². The second kappa shape index (κ2) is 7.97. The lowest BCUT2D eigenvalue weighted by Crippen LogP contribution is -2.41. The number of aryl methyl sites for hydroxylation is 1. The van der Waals surface area contributed by atoms with Crippen LogP contribution in [0.15, 0.2) is 36.7 Å². The maximum absolute atomic E-state index is 12.0. The van der Waals surface area contributed by atoms with Crippen molar-refractivity contribution in [1.82, 2.24) is 20.4 Å². The van der Waals surface area contributed by atoms with E-state index in [1.54, 1.807) is 4.68 Å². The van der Waals surface area contributed by atoms with Gasteiger partial charge in [-0.15, -0.1) is 0 Å². The molecule has 6 nitrogen and oxygen atoms in total. The van der Waals surface area contributed by atoms with Crippen LogP contribution in [0.25, 0.3) is 11.1 Å². The summed E-state index contributed by atoms with van der Waals surface area (Å²) in [6.07, 6.45) is 5.83. The molecule has 1 saturated heterocycles. The first-order valence-corrected chi connectivity index (χ1v) is 8.43. The average Bonchev–Trinajstić information content (AvgIpc) is 3.06. The number of benzene rings is 1. The molecule has 3 rings (SSSR count). The molecule has 1 fully saturated rings. The molecular formula is C18H24N4O2. The van der Waals surface area contributed by atoms with E-state index in [2.05, 4.69) is 15.7 Å². The lowest BCUT2D eigenvalue weighted by Gasteiger charge is -2.21. The Morgan fingerprint density at radius 2 is 2.38 bits per heavy atom. The molecule has 2 N–H and O–H groups in total. The molecule has 1 aliphatic rings. The van der Waals surface area contributed by atoms with Crippen LogP contribution in [-0.4, -0.2) is 41.9 Å². The van der Waals surface area contributed by atoms with Crippen molar-refractivity contribution in [3.63, 3.8) is 0 Å². The lowest BCUT2D eigenvalue weighted by molar-refractivity contribution is -0.125. The fourth-order valence-electron chi connectivity index (χ4n) is 2.90. The van der Waals surface area contributed by atoms with Crippen LogP contribution in [0.2, 0.25) is 0 Å². The predicted molar refractivity (Wildman–Crippen MR) is 92.7 cm³/mol. The van der Waals surface area contributed by atoms with Crippen molar-refractivity contribution < 1.29 is 9.53 Å². The number of carbonyl (C=O) groups is 1. The molecule has 1 amide bonds. The van der Waals surface area contributed by atoms with Gasteiger partial charge in [-0.25, -0.2) is 0 Å². The van der Waals surface area contributed by atoms with Crippen LogP contribution in [0, 0.1) is 5.92 Å². The maximum atomic E-state index is 12.0. The zero-order valence-corrected chi connectivity index (χ0v) is 14.0. The van der Waals surface area contributed by atoms with Gasteiger partial charge in [-0.05, 0) is 37.1 Å². The molecule has 24 heavy (non-hydrogen) atoms. The number of amides is 1. The third-order valence-electron chi connectivity index (χ3n) is 4.21. The third kappa shape index (κ3) is 4.35. The summed E-state index contributed by atoms with van der Waals surface area (Å²) in [5.74, 6) is 1.01. The van der Waals surface area contributed by atoms with E-state index in [-0.39, 0.29) is 11.8 Å². The Morgan fingerprint density at radius 1 is 1.46 bits per heavy atom. The molecule has 0 unspecified atom stereocenters. The monoisotopic (exact) mass is 328 g/mol. The molecule has 128 valence electrons. The van der Waals surface area contributed by atoms with E-state index in [1.807, 2.05) is 43.7 Å². The summed E-state index contributed by atoms with van der Waals surface area (Å²) < 4.78 is 7.53. The maximum Gasteiger partial charge on any atom is 0.224 e. The van der Waals surface area contributed by atoms with Crippen molar-refractivity contribution in [3.05, 3.63) is 36.7 Å². The molecule has 1 aromatic heterocycles. The minimum atomic E-state index is 0.0904. The highest BCUT2D eigenvalue weighted by atomic mass is 16.5. The number of hydrogen-bond donors (Lipinski definition) is 2. The summed E-state index contributed by atoms with van der Waals surface area (Å²) in [5.41, 5.74) is 2.12. The van der Waals surface area contributed by atoms with Crippen molar-refractivity contribution in [2.45, 2.75) is 12.8 Å². The Balaban J connectivity index is 1.46. The average molecular weight is 328 g/mol. The van der Waals surface area contributed by atoms with E-state index >= 15 is 0 Å². The van der Waals surface area contributed by atoms with Gasteiger partial charge in [0.05, 0.1) is 18.7 Å².